The Morgan fingerprint density at radius 3 is 1.92 bits per heavy atom. The lowest BCUT2D eigenvalue weighted by Gasteiger charge is -2.27. The zero-order valence-corrected chi connectivity index (χ0v) is 14.6. The van der Waals surface area contributed by atoms with E-state index in [2.05, 4.69) is 77.0 Å². The van der Waals surface area contributed by atoms with Crippen LogP contribution in [0.2, 0.25) is 5.02 Å². The molecule has 0 aromatic heterocycles. The smallest absolute Gasteiger partial charge is 0.106 e. The minimum absolute atomic E-state index is 0.187. The van der Waals surface area contributed by atoms with Crippen molar-refractivity contribution in [3.63, 3.8) is 0 Å². The number of halogens is 1. The van der Waals surface area contributed by atoms with E-state index in [1.165, 1.54) is 5.56 Å². The molecule has 3 aromatic rings. The quantitative estimate of drug-likeness (QED) is 0.584. The Labute approximate surface area is 153 Å². The summed E-state index contributed by atoms with van der Waals surface area (Å²) in [4.78, 5) is 4.57. The zero-order valence-electron chi connectivity index (χ0n) is 13.8. The van der Waals surface area contributed by atoms with Crippen LogP contribution in [-0.4, -0.2) is 6.54 Å². The van der Waals surface area contributed by atoms with Gasteiger partial charge in [0.1, 0.15) is 5.82 Å². The molecule has 124 valence electrons. The van der Waals surface area contributed by atoms with Crippen molar-refractivity contribution >= 4 is 23.0 Å². The van der Waals surface area contributed by atoms with Crippen LogP contribution in [0.4, 0.5) is 11.4 Å². The Morgan fingerprint density at radius 1 is 0.760 bits per heavy atom. The third kappa shape index (κ3) is 3.01. The summed E-state index contributed by atoms with van der Waals surface area (Å²) in [6.07, 6.45) is 0. The van der Waals surface area contributed by atoms with Gasteiger partial charge in [-0.15, -0.1) is 0 Å². The van der Waals surface area contributed by atoms with Crippen LogP contribution in [0.5, 0.6) is 0 Å². The lowest BCUT2D eigenvalue weighted by Crippen LogP contribution is -2.22. The number of para-hydroxylation sites is 2. The molecule has 0 saturated carbocycles. The van der Waals surface area contributed by atoms with E-state index in [0.29, 0.717) is 0 Å². The van der Waals surface area contributed by atoms with Crippen molar-refractivity contribution in [3.8, 4) is 0 Å². The molecule has 1 fully saturated rings. The summed E-state index contributed by atoms with van der Waals surface area (Å²) < 4.78 is 0. The number of rotatable bonds is 3. The summed E-state index contributed by atoms with van der Waals surface area (Å²) in [5, 5.41) is 0.756. The van der Waals surface area contributed by atoms with Crippen LogP contribution in [0.25, 0.3) is 0 Å². The van der Waals surface area contributed by atoms with Gasteiger partial charge in [0.05, 0.1) is 6.04 Å². The number of benzene rings is 3. The lowest BCUT2D eigenvalue weighted by molar-refractivity contribution is 0.773. The molecule has 1 aliphatic rings. The Kier molecular flexibility index (Phi) is 4.21. The SMILES string of the molecule is C=C1N(c2ccccc2)CC(c2ccc(Cl)cc2)N1c1ccccc1. The minimum Gasteiger partial charge on any atom is -0.326 e. The van der Waals surface area contributed by atoms with Gasteiger partial charge in [-0.3, -0.25) is 0 Å². The maximum absolute atomic E-state index is 6.08. The molecule has 1 heterocycles. The highest BCUT2D eigenvalue weighted by atomic mass is 35.5. The highest BCUT2D eigenvalue weighted by Crippen LogP contribution is 2.40. The Morgan fingerprint density at radius 2 is 1.32 bits per heavy atom. The minimum atomic E-state index is 0.187. The first-order valence-electron chi connectivity index (χ1n) is 8.35. The summed E-state index contributed by atoms with van der Waals surface area (Å²) in [5.41, 5.74) is 3.53. The van der Waals surface area contributed by atoms with Crippen molar-refractivity contribution in [2.24, 2.45) is 0 Å². The van der Waals surface area contributed by atoms with Crippen LogP contribution >= 0.6 is 11.6 Å². The average Bonchev–Trinajstić information content (AvgIpc) is 3.01. The Bertz CT molecular complexity index is 860. The van der Waals surface area contributed by atoms with Gasteiger partial charge in [0.15, 0.2) is 0 Å². The second-order valence-electron chi connectivity index (χ2n) is 6.14. The van der Waals surface area contributed by atoms with Gasteiger partial charge >= 0.3 is 0 Å². The zero-order chi connectivity index (χ0) is 17.2. The van der Waals surface area contributed by atoms with Gasteiger partial charge in [0, 0.05) is 22.9 Å². The molecule has 3 aromatic carbocycles. The fourth-order valence-electron chi connectivity index (χ4n) is 3.39. The van der Waals surface area contributed by atoms with Gasteiger partial charge in [-0.25, -0.2) is 0 Å². The average molecular weight is 347 g/mol. The number of hydrogen-bond donors (Lipinski definition) is 0. The molecular weight excluding hydrogens is 328 g/mol. The summed E-state index contributed by atoms with van der Waals surface area (Å²) in [5.74, 6) is 0.984. The first-order chi connectivity index (χ1) is 12.2. The Hall–Kier alpha value is -2.71. The molecule has 0 amide bonds. The van der Waals surface area contributed by atoms with Crippen LogP contribution in [0.3, 0.4) is 0 Å². The molecule has 3 heteroatoms. The van der Waals surface area contributed by atoms with Crippen molar-refractivity contribution in [3.05, 3.63) is 108 Å². The maximum atomic E-state index is 6.08. The van der Waals surface area contributed by atoms with Crippen LogP contribution in [0.1, 0.15) is 11.6 Å². The lowest BCUT2D eigenvalue weighted by atomic mass is 10.1. The van der Waals surface area contributed by atoms with Gasteiger partial charge in [0.2, 0.25) is 0 Å². The number of nitrogens with zero attached hydrogens (tertiary/aromatic N) is 2. The van der Waals surface area contributed by atoms with E-state index < -0.39 is 0 Å². The monoisotopic (exact) mass is 346 g/mol. The van der Waals surface area contributed by atoms with Gasteiger partial charge in [0.25, 0.3) is 0 Å². The van der Waals surface area contributed by atoms with E-state index in [-0.39, 0.29) is 6.04 Å². The van der Waals surface area contributed by atoms with Gasteiger partial charge in [-0.05, 0) is 42.0 Å². The van der Waals surface area contributed by atoms with Crippen LogP contribution in [-0.2, 0) is 0 Å². The predicted octanol–water partition coefficient (Wildman–Crippen LogP) is 5.88. The molecule has 4 rings (SSSR count). The second kappa shape index (κ2) is 6.66. The highest BCUT2D eigenvalue weighted by molar-refractivity contribution is 6.30. The fraction of sp³-hybridized carbons (Fsp3) is 0.0909. The topological polar surface area (TPSA) is 6.48 Å². The molecule has 0 N–H and O–H groups in total. The number of hydrogen-bond acceptors (Lipinski definition) is 2. The molecule has 1 saturated heterocycles. The normalized spacial score (nSPS) is 17.2. The molecule has 1 aliphatic heterocycles. The van der Waals surface area contributed by atoms with Gasteiger partial charge in [-0.1, -0.05) is 66.7 Å². The van der Waals surface area contributed by atoms with Crippen molar-refractivity contribution in [1.29, 1.82) is 0 Å². The predicted molar refractivity (Wildman–Crippen MR) is 106 cm³/mol. The summed E-state index contributed by atoms with van der Waals surface area (Å²) in [6.45, 7) is 5.24. The number of anilines is 2. The van der Waals surface area contributed by atoms with E-state index in [1.807, 2.05) is 24.3 Å². The van der Waals surface area contributed by atoms with Crippen LogP contribution in [0.15, 0.2) is 97.3 Å². The Balaban J connectivity index is 1.77. The highest BCUT2D eigenvalue weighted by Gasteiger charge is 2.35. The van der Waals surface area contributed by atoms with Crippen molar-refractivity contribution in [1.82, 2.24) is 0 Å². The second-order valence-corrected chi connectivity index (χ2v) is 6.57. The molecule has 0 bridgehead atoms. The summed E-state index contributed by atoms with van der Waals surface area (Å²) >= 11 is 6.08. The molecule has 2 nitrogen and oxygen atoms in total. The largest absolute Gasteiger partial charge is 0.326 e. The van der Waals surface area contributed by atoms with Crippen molar-refractivity contribution in [2.45, 2.75) is 6.04 Å². The molecule has 0 spiro atoms. The first-order valence-corrected chi connectivity index (χ1v) is 8.73. The standard InChI is InChI=1S/C22H19ClN2/c1-17-24(20-8-4-2-5-9-20)16-22(18-12-14-19(23)15-13-18)25(17)21-10-6-3-7-11-21/h2-15,22H,1,16H2. The summed E-state index contributed by atoms with van der Waals surface area (Å²) in [6, 6.07) is 29.1. The van der Waals surface area contributed by atoms with Crippen LogP contribution < -0.4 is 9.80 Å². The molecular formula is C22H19ClN2. The van der Waals surface area contributed by atoms with Gasteiger partial charge < -0.3 is 9.80 Å². The molecule has 0 radical (unpaired) electrons. The van der Waals surface area contributed by atoms with E-state index in [0.717, 1.165) is 28.8 Å². The first kappa shape index (κ1) is 15.8. The van der Waals surface area contributed by atoms with E-state index in [4.69, 9.17) is 11.6 Å². The molecule has 0 aliphatic carbocycles. The van der Waals surface area contributed by atoms with Crippen molar-refractivity contribution < 1.29 is 0 Å². The maximum Gasteiger partial charge on any atom is 0.106 e. The van der Waals surface area contributed by atoms with Gasteiger partial charge in [-0.2, -0.15) is 0 Å². The molecule has 1 unspecified atom stereocenters. The fourth-order valence-corrected chi connectivity index (χ4v) is 3.52. The van der Waals surface area contributed by atoms with Crippen LogP contribution in [0, 0.1) is 0 Å². The van der Waals surface area contributed by atoms with E-state index in [9.17, 15) is 0 Å². The summed E-state index contributed by atoms with van der Waals surface area (Å²) in [7, 11) is 0. The third-order valence-electron chi connectivity index (χ3n) is 4.61. The molecule has 25 heavy (non-hydrogen) atoms. The van der Waals surface area contributed by atoms with E-state index >= 15 is 0 Å². The third-order valence-corrected chi connectivity index (χ3v) is 4.87. The molecule has 1 atom stereocenters. The van der Waals surface area contributed by atoms with E-state index in [1.54, 1.807) is 0 Å². The van der Waals surface area contributed by atoms with Crippen molar-refractivity contribution in [2.75, 3.05) is 16.3 Å².